The maximum Gasteiger partial charge on any atom is 0.226 e. The van der Waals surface area contributed by atoms with Gasteiger partial charge < -0.3 is 10.1 Å². The van der Waals surface area contributed by atoms with Crippen LogP contribution in [0, 0.1) is 0 Å². The Balaban J connectivity index is 1.66. The number of nitrogens with zero attached hydrogens (tertiary/aromatic N) is 2. The lowest BCUT2D eigenvalue weighted by atomic mass is 10.0. The Morgan fingerprint density at radius 3 is 2.71 bits per heavy atom. The van der Waals surface area contributed by atoms with E-state index in [4.69, 9.17) is 4.74 Å². The molecule has 0 bridgehead atoms. The van der Waals surface area contributed by atoms with Gasteiger partial charge in [-0.05, 0) is 30.0 Å². The molecule has 0 fully saturated rings. The Labute approximate surface area is 128 Å². The molecule has 1 heterocycles. The van der Waals surface area contributed by atoms with Crippen LogP contribution in [0.2, 0.25) is 0 Å². The lowest BCUT2D eigenvalue weighted by Gasteiger charge is -2.08. The van der Waals surface area contributed by atoms with E-state index in [1.165, 1.54) is 16.9 Å². The molecule has 21 heavy (non-hydrogen) atoms. The zero-order valence-electron chi connectivity index (χ0n) is 12.2. The number of benzene rings is 1. The Morgan fingerprint density at radius 1 is 1.33 bits per heavy atom. The smallest absolute Gasteiger partial charge is 0.226 e. The molecule has 5 nitrogen and oxygen atoms in total. The van der Waals surface area contributed by atoms with Gasteiger partial charge >= 0.3 is 0 Å². The van der Waals surface area contributed by atoms with Crippen molar-refractivity contribution in [2.45, 2.75) is 32.6 Å². The Hall–Kier alpha value is -1.95. The number of hydrogen-bond acceptors (Lipinski definition) is 5. The lowest BCUT2D eigenvalue weighted by Crippen LogP contribution is -2.12. The molecule has 1 aromatic carbocycles. The summed E-state index contributed by atoms with van der Waals surface area (Å²) in [6.07, 6.45) is 1.07. The molecule has 1 aromatic heterocycles. The summed E-state index contributed by atoms with van der Waals surface area (Å²) in [5, 5.41) is 10.6. The van der Waals surface area contributed by atoms with Gasteiger partial charge in [0.05, 0.1) is 6.61 Å². The number of aromatic nitrogens is 2. The molecule has 1 amide bonds. The fraction of sp³-hybridized carbons (Fsp3) is 0.400. The maximum absolute atomic E-state index is 11.6. The second-order valence-corrected chi connectivity index (χ2v) is 5.80. The van der Waals surface area contributed by atoms with Crippen molar-refractivity contribution in [2.75, 3.05) is 11.9 Å². The molecule has 2 rings (SSSR count). The third-order valence-electron chi connectivity index (χ3n) is 2.97. The van der Waals surface area contributed by atoms with E-state index in [9.17, 15) is 4.79 Å². The van der Waals surface area contributed by atoms with Crippen molar-refractivity contribution in [2.24, 2.45) is 0 Å². The molecule has 0 atom stereocenters. The van der Waals surface area contributed by atoms with Gasteiger partial charge in [-0.3, -0.25) is 4.79 Å². The highest BCUT2D eigenvalue weighted by Gasteiger charge is 2.05. The maximum atomic E-state index is 11.6. The van der Waals surface area contributed by atoms with Crippen molar-refractivity contribution in [3.8, 4) is 5.75 Å². The van der Waals surface area contributed by atoms with Gasteiger partial charge in [-0.25, -0.2) is 0 Å². The van der Waals surface area contributed by atoms with Crippen molar-refractivity contribution in [3.63, 3.8) is 0 Å². The first-order valence-electron chi connectivity index (χ1n) is 6.94. The van der Waals surface area contributed by atoms with E-state index in [0.29, 0.717) is 30.5 Å². The summed E-state index contributed by atoms with van der Waals surface area (Å²) in [5.74, 6) is 1.29. The minimum Gasteiger partial charge on any atom is -0.494 e. The number of carbonyl (C=O) groups is 1. The van der Waals surface area contributed by atoms with Crippen LogP contribution in [0.1, 0.15) is 38.2 Å². The quantitative estimate of drug-likeness (QED) is 0.796. The Kier molecular flexibility index (Phi) is 5.68. The van der Waals surface area contributed by atoms with Crippen LogP contribution in [0.4, 0.5) is 5.13 Å². The lowest BCUT2D eigenvalue weighted by molar-refractivity contribution is -0.116. The number of carbonyl (C=O) groups excluding carboxylic acids is 1. The molecular formula is C15H19N3O2S. The van der Waals surface area contributed by atoms with Crippen molar-refractivity contribution >= 4 is 22.4 Å². The van der Waals surface area contributed by atoms with E-state index in [-0.39, 0.29) is 5.91 Å². The van der Waals surface area contributed by atoms with Crippen LogP contribution in [-0.4, -0.2) is 22.7 Å². The second kappa shape index (κ2) is 7.73. The molecule has 2 aromatic rings. The first-order chi connectivity index (χ1) is 10.1. The highest BCUT2D eigenvalue weighted by molar-refractivity contribution is 7.13. The molecule has 0 radical (unpaired) electrons. The minimum atomic E-state index is -0.0643. The number of nitrogens with one attached hydrogen (secondary N) is 1. The summed E-state index contributed by atoms with van der Waals surface area (Å²) >= 11 is 1.31. The SMILES string of the molecule is CC(C)c1ccc(OCCCC(=O)Nc2nncs2)cc1. The number of hydrogen-bond donors (Lipinski definition) is 1. The van der Waals surface area contributed by atoms with E-state index >= 15 is 0 Å². The topological polar surface area (TPSA) is 64.1 Å². The summed E-state index contributed by atoms with van der Waals surface area (Å²) in [6, 6.07) is 8.08. The highest BCUT2D eigenvalue weighted by Crippen LogP contribution is 2.18. The van der Waals surface area contributed by atoms with Crippen LogP contribution in [0.5, 0.6) is 5.75 Å². The zero-order chi connectivity index (χ0) is 15.1. The molecule has 0 spiro atoms. The summed E-state index contributed by atoms with van der Waals surface area (Å²) in [7, 11) is 0. The average Bonchev–Trinajstić information content (AvgIpc) is 2.97. The van der Waals surface area contributed by atoms with Gasteiger partial charge in [0, 0.05) is 6.42 Å². The van der Waals surface area contributed by atoms with Crippen LogP contribution in [0.25, 0.3) is 0 Å². The van der Waals surface area contributed by atoms with Gasteiger partial charge in [0.25, 0.3) is 0 Å². The van der Waals surface area contributed by atoms with Crippen molar-refractivity contribution in [1.29, 1.82) is 0 Å². The first-order valence-corrected chi connectivity index (χ1v) is 7.82. The van der Waals surface area contributed by atoms with E-state index in [2.05, 4.69) is 41.5 Å². The van der Waals surface area contributed by atoms with Gasteiger partial charge in [0.15, 0.2) is 0 Å². The number of rotatable bonds is 7. The summed E-state index contributed by atoms with van der Waals surface area (Å²) < 4.78 is 5.62. The first kappa shape index (κ1) is 15.4. The largest absolute Gasteiger partial charge is 0.494 e. The molecule has 1 N–H and O–H groups in total. The van der Waals surface area contributed by atoms with E-state index in [0.717, 1.165) is 5.75 Å². The average molecular weight is 305 g/mol. The minimum absolute atomic E-state index is 0.0643. The van der Waals surface area contributed by atoms with E-state index < -0.39 is 0 Å². The third-order valence-corrected chi connectivity index (χ3v) is 3.58. The predicted octanol–water partition coefficient (Wildman–Crippen LogP) is 3.46. The Morgan fingerprint density at radius 2 is 2.10 bits per heavy atom. The molecule has 0 aliphatic rings. The highest BCUT2D eigenvalue weighted by atomic mass is 32.1. The summed E-state index contributed by atoms with van der Waals surface area (Å²) in [6.45, 7) is 4.84. The molecule has 112 valence electrons. The van der Waals surface area contributed by atoms with Crippen LogP contribution in [-0.2, 0) is 4.79 Å². The van der Waals surface area contributed by atoms with Crippen LogP contribution in [0.15, 0.2) is 29.8 Å². The van der Waals surface area contributed by atoms with Gasteiger partial charge in [-0.15, -0.1) is 10.2 Å². The molecule has 0 unspecified atom stereocenters. The molecule has 6 heteroatoms. The number of amides is 1. The molecule has 0 aliphatic carbocycles. The normalized spacial score (nSPS) is 10.6. The zero-order valence-corrected chi connectivity index (χ0v) is 13.0. The predicted molar refractivity (Wildman–Crippen MR) is 83.8 cm³/mol. The van der Waals surface area contributed by atoms with Gasteiger partial charge in [0.1, 0.15) is 11.3 Å². The standard InChI is InChI=1S/C15H19N3O2S/c1-11(2)12-5-7-13(8-6-12)20-9-3-4-14(19)17-15-18-16-10-21-15/h5-8,10-11H,3-4,9H2,1-2H3,(H,17,18,19). The summed E-state index contributed by atoms with van der Waals surface area (Å²) in [4.78, 5) is 11.6. The van der Waals surface area contributed by atoms with Crippen molar-refractivity contribution in [1.82, 2.24) is 10.2 Å². The number of anilines is 1. The number of ether oxygens (including phenoxy) is 1. The monoisotopic (exact) mass is 305 g/mol. The van der Waals surface area contributed by atoms with E-state index in [1.807, 2.05) is 12.1 Å². The molecule has 0 saturated carbocycles. The second-order valence-electron chi connectivity index (χ2n) is 4.97. The van der Waals surface area contributed by atoms with Gasteiger partial charge in [-0.1, -0.05) is 37.3 Å². The van der Waals surface area contributed by atoms with Crippen LogP contribution < -0.4 is 10.1 Å². The molecule has 0 saturated heterocycles. The van der Waals surface area contributed by atoms with Crippen molar-refractivity contribution < 1.29 is 9.53 Å². The van der Waals surface area contributed by atoms with Crippen LogP contribution >= 0.6 is 11.3 Å². The van der Waals surface area contributed by atoms with E-state index in [1.54, 1.807) is 5.51 Å². The van der Waals surface area contributed by atoms with Gasteiger partial charge in [-0.2, -0.15) is 0 Å². The fourth-order valence-corrected chi connectivity index (χ4v) is 2.24. The molecule has 0 aliphatic heterocycles. The van der Waals surface area contributed by atoms with Crippen LogP contribution in [0.3, 0.4) is 0 Å². The van der Waals surface area contributed by atoms with Crippen molar-refractivity contribution in [3.05, 3.63) is 35.3 Å². The molecular weight excluding hydrogens is 286 g/mol. The third kappa shape index (κ3) is 5.15. The summed E-state index contributed by atoms with van der Waals surface area (Å²) in [5.41, 5.74) is 2.87. The fourth-order valence-electron chi connectivity index (χ4n) is 1.78. The van der Waals surface area contributed by atoms with Gasteiger partial charge in [0.2, 0.25) is 11.0 Å². The Bertz CT molecular complexity index is 553.